The minimum atomic E-state index is -4.41. The molecule has 15 heavy (non-hydrogen) atoms. The lowest BCUT2D eigenvalue weighted by atomic mass is 10.3. The predicted molar refractivity (Wildman–Crippen MR) is 53.0 cm³/mol. The molecule has 0 saturated carbocycles. The van der Waals surface area contributed by atoms with E-state index in [-0.39, 0.29) is 11.2 Å². The maximum atomic E-state index is 12.3. The van der Waals surface area contributed by atoms with Crippen molar-refractivity contribution in [2.24, 2.45) is 0 Å². The first kappa shape index (κ1) is 12.1. The molecule has 6 heteroatoms. The fraction of sp³-hybridized carbons (Fsp3) is 0.444. The highest BCUT2D eigenvalue weighted by atomic mass is 35.5. The van der Waals surface area contributed by atoms with Crippen LogP contribution >= 0.6 is 11.6 Å². The predicted octanol–water partition coefficient (Wildman–Crippen LogP) is 3.14. The summed E-state index contributed by atoms with van der Waals surface area (Å²) in [6.07, 6.45) is -4.41. The smallest absolute Gasteiger partial charge is 0.369 e. The Balaban J connectivity index is 2.75. The van der Waals surface area contributed by atoms with Gasteiger partial charge in [0.15, 0.2) is 0 Å². The zero-order chi connectivity index (χ0) is 11.5. The highest BCUT2D eigenvalue weighted by Crippen LogP contribution is 2.28. The zero-order valence-corrected chi connectivity index (χ0v) is 8.73. The molecule has 84 valence electrons. The molecule has 0 spiro atoms. The Morgan fingerprint density at radius 2 is 2.13 bits per heavy atom. The quantitative estimate of drug-likeness (QED) is 0.819. The first-order valence-corrected chi connectivity index (χ1v) is 4.75. The summed E-state index contributed by atoms with van der Waals surface area (Å²) < 4.78 is 36.8. The third-order valence-electron chi connectivity index (χ3n) is 1.60. The number of hydrogen-bond donors (Lipinski definition) is 1. The van der Waals surface area contributed by atoms with Crippen molar-refractivity contribution in [2.45, 2.75) is 18.5 Å². The van der Waals surface area contributed by atoms with Crippen LogP contribution in [-0.2, 0) is 6.18 Å². The highest BCUT2D eigenvalue weighted by Gasteiger charge is 2.32. The average Bonchev–Trinajstić information content (AvgIpc) is 2.14. The summed E-state index contributed by atoms with van der Waals surface area (Å²) >= 11 is 5.64. The molecule has 1 heterocycles. The Hall–Kier alpha value is -0.970. The molecule has 1 atom stereocenters. The fourth-order valence-corrected chi connectivity index (χ4v) is 1.01. The van der Waals surface area contributed by atoms with E-state index < -0.39 is 11.9 Å². The second-order valence-electron chi connectivity index (χ2n) is 3.07. The fourth-order valence-electron chi connectivity index (χ4n) is 0.936. The van der Waals surface area contributed by atoms with Gasteiger partial charge in [0.2, 0.25) is 0 Å². The van der Waals surface area contributed by atoms with Gasteiger partial charge in [0, 0.05) is 11.9 Å². The van der Waals surface area contributed by atoms with Gasteiger partial charge < -0.3 is 5.32 Å². The molecule has 1 N–H and O–H groups in total. The van der Waals surface area contributed by atoms with Crippen molar-refractivity contribution in [3.8, 4) is 0 Å². The van der Waals surface area contributed by atoms with Gasteiger partial charge in [-0.05, 0) is 19.1 Å². The highest BCUT2D eigenvalue weighted by molar-refractivity contribution is 6.20. The van der Waals surface area contributed by atoms with Gasteiger partial charge in [-0.2, -0.15) is 13.2 Å². The molecule has 0 radical (unpaired) electrons. The van der Waals surface area contributed by atoms with E-state index in [2.05, 4.69) is 10.3 Å². The summed E-state index contributed by atoms with van der Waals surface area (Å²) in [4.78, 5) is 3.42. The van der Waals surface area contributed by atoms with Crippen LogP contribution in [0.5, 0.6) is 0 Å². The van der Waals surface area contributed by atoms with Crippen LogP contribution in [0.25, 0.3) is 0 Å². The Labute approximate surface area is 90.5 Å². The monoisotopic (exact) mass is 238 g/mol. The molecule has 0 amide bonds. The van der Waals surface area contributed by atoms with Crippen LogP contribution in [0.15, 0.2) is 18.2 Å². The van der Waals surface area contributed by atoms with Gasteiger partial charge in [-0.15, -0.1) is 11.6 Å². The molecular formula is C9H10ClF3N2. The topological polar surface area (TPSA) is 24.9 Å². The van der Waals surface area contributed by atoms with Crippen molar-refractivity contribution >= 4 is 17.4 Å². The summed E-state index contributed by atoms with van der Waals surface area (Å²) in [5.41, 5.74) is -0.908. The van der Waals surface area contributed by atoms with Crippen LogP contribution in [0.2, 0.25) is 0 Å². The molecule has 1 aromatic heterocycles. The van der Waals surface area contributed by atoms with Crippen molar-refractivity contribution in [3.05, 3.63) is 23.9 Å². The van der Waals surface area contributed by atoms with Gasteiger partial charge in [0.25, 0.3) is 0 Å². The number of anilines is 1. The summed E-state index contributed by atoms with van der Waals surface area (Å²) in [6, 6.07) is 3.70. The van der Waals surface area contributed by atoms with Crippen LogP contribution in [0, 0.1) is 0 Å². The second kappa shape index (κ2) is 4.70. The standard InChI is InChI=1S/C9H10ClF3N2/c1-6(10)5-14-8-4-2-3-7(15-8)9(11,12)13/h2-4,6H,5H2,1H3,(H,14,15). The summed E-state index contributed by atoms with van der Waals surface area (Å²) in [6.45, 7) is 2.11. The molecule has 0 aliphatic heterocycles. The number of alkyl halides is 4. The molecule has 1 aromatic rings. The molecule has 0 fully saturated rings. The SMILES string of the molecule is CC(Cl)CNc1cccc(C(F)(F)F)n1. The molecular weight excluding hydrogens is 229 g/mol. The number of pyridine rings is 1. The van der Waals surface area contributed by atoms with Crippen molar-refractivity contribution in [1.82, 2.24) is 4.98 Å². The Morgan fingerprint density at radius 3 is 2.67 bits per heavy atom. The van der Waals surface area contributed by atoms with Gasteiger partial charge in [-0.25, -0.2) is 4.98 Å². The number of nitrogens with one attached hydrogen (secondary N) is 1. The Morgan fingerprint density at radius 1 is 1.47 bits per heavy atom. The van der Waals surface area contributed by atoms with Crippen molar-refractivity contribution in [2.75, 3.05) is 11.9 Å². The van der Waals surface area contributed by atoms with Gasteiger partial charge in [0.1, 0.15) is 11.5 Å². The van der Waals surface area contributed by atoms with Crippen molar-refractivity contribution < 1.29 is 13.2 Å². The van der Waals surface area contributed by atoms with E-state index in [0.717, 1.165) is 6.07 Å². The molecule has 0 aliphatic rings. The number of nitrogens with zero attached hydrogens (tertiary/aromatic N) is 1. The molecule has 0 aliphatic carbocycles. The van der Waals surface area contributed by atoms with Crippen LogP contribution in [0.3, 0.4) is 0 Å². The largest absolute Gasteiger partial charge is 0.433 e. The summed E-state index contributed by atoms with van der Waals surface area (Å²) in [5, 5.41) is 2.55. The number of aromatic nitrogens is 1. The molecule has 0 bridgehead atoms. The molecule has 1 unspecified atom stereocenters. The molecule has 2 nitrogen and oxygen atoms in total. The number of hydrogen-bond acceptors (Lipinski definition) is 2. The Bertz CT molecular complexity index is 325. The lowest BCUT2D eigenvalue weighted by Crippen LogP contribution is -2.14. The van der Waals surface area contributed by atoms with E-state index in [1.165, 1.54) is 12.1 Å². The maximum Gasteiger partial charge on any atom is 0.433 e. The van der Waals surface area contributed by atoms with E-state index in [1.807, 2.05) is 0 Å². The summed E-state index contributed by atoms with van der Waals surface area (Å²) in [7, 11) is 0. The van der Waals surface area contributed by atoms with E-state index in [4.69, 9.17) is 11.6 Å². The number of rotatable bonds is 3. The number of halogens is 4. The molecule has 0 saturated heterocycles. The van der Waals surface area contributed by atoms with E-state index in [1.54, 1.807) is 6.92 Å². The van der Waals surface area contributed by atoms with Crippen LogP contribution < -0.4 is 5.32 Å². The van der Waals surface area contributed by atoms with Gasteiger partial charge in [-0.1, -0.05) is 6.07 Å². The van der Waals surface area contributed by atoms with E-state index >= 15 is 0 Å². The van der Waals surface area contributed by atoms with Crippen LogP contribution in [0.4, 0.5) is 19.0 Å². The summed E-state index contributed by atoms with van der Waals surface area (Å²) in [5.74, 6) is 0.178. The van der Waals surface area contributed by atoms with E-state index in [0.29, 0.717) is 6.54 Å². The minimum absolute atomic E-state index is 0.165. The lowest BCUT2D eigenvalue weighted by Gasteiger charge is -2.09. The maximum absolute atomic E-state index is 12.3. The first-order valence-electron chi connectivity index (χ1n) is 4.32. The lowest BCUT2D eigenvalue weighted by molar-refractivity contribution is -0.141. The third-order valence-corrected chi connectivity index (χ3v) is 1.76. The van der Waals surface area contributed by atoms with Crippen molar-refractivity contribution in [3.63, 3.8) is 0 Å². The van der Waals surface area contributed by atoms with E-state index in [9.17, 15) is 13.2 Å². The van der Waals surface area contributed by atoms with Crippen molar-refractivity contribution in [1.29, 1.82) is 0 Å². The van der Waals surface area contributed by atoms with Crippen LogP contribution in [0.1, 0.15) is 12.6 Å². The minimum Gasteiger partial charge on any atom is -0.369 e. The third kappa shape index (κ3) is 3.95. The van der Waals surface area contributed by atoms with Gasteiger partial charge >= 0.3 is 6.18 Å². The van der Waals surface area contributed by atoms with Crippen LogP contribution in [-0.4, -0.2) is 16.9 Å². The normalized spacial score (nSPS) is 13.7. The molecule has 1 rings (SSSR count). The van der Waals surface area contributed by atoms with Gasteiger partial charge in [-0.3, -0.25) is 0 Å². The second-order valence-corrected chi connectivity index (χ2v) is 3.81. The zero-order valence-electron chi connectivity index (χ0n) is 7.98. The molecule has 0 aromatic carbocycles. The first-order chi connectivity index (χ1) is 6.89. The average molecular weight is 239 g/mol. The van der Waals surface area contributed by atoms with Gasteiger partial charge in [0.05, 0.1) is 0 Å². The Kier molecular flexibility index (Phi) is 3.79.